The van der Waals surface area contributed by atoms with E-state index in [0.717, 1.165) is 31.2 Å². The summed E-state index contributed by atoms with van der Waals surface area (Å²) in [6.07, 6.45) is 3.93. The number of amides is 1. The number of hydrogen-bond acceptors (Lipinski definition) is 5. The molecule has 1 aromatic rings. The van der Waals surface area contributed by atoms with E-state index < -0.39 is 33.9 Å². The summed E-state index contributed by atoms with van der Waals surface area (Å²) in [4.78, 5) is 23.4. The average Bonchev–Trinajstić information content (AvgIpc) is 2.67. The number of aryl methyl sites for hydroxylation is 2. The second-order valence-electron chi connectivity index (χ2n) is 7.30. The zero-order valence-electron chi connectivity index (χ0n) is 15.5. The fourth-order valence-electron chi connectivity index (χ4n) is 3.68. The van der Waals surface area contributed by atoms with Gasteiger partial charge in [0.1, 0.15) is 0 Å². The van der Waals surface area contributed by atoms with Crippen LogP contribution in [0.2, 0.25) is 0 Å². The van der Waals surface area contributed by atoms with Gasteiger partial charge in [-0.25, -0.2) is 8.42 Å². The minimum absolute atomic E-state index is 0.254. The van der Waals surface area contributed by atoms with Crippen LogP contribution in [0.5, 0.6) is 0 Å². The molecule has 0 bridgehead atoms. The maximum Gasteiger partial charge on any atom is 0.309 e. The molecular formula is C19H26N2O5S. The van der Waals surface area contributed by atoms with Crippen LogP contribution in [0.3, 0.4) is 0 Å². The molecule has 0 aromatic heterocycles. The molecule has 27 heavy (non-hydrogen) atoms. The van der Waals surface area contributed by atoms with Crippen molar-refractivity contribution in [2.75, 3.05) is 13.1 Å². The summed E-state index contributed by atoms with van der Waals surface area (Å²) in [5, 5.41) is 0. The largest absolute Gasteiger partial charge is 0.452 e. The molecule has 0 radical (unpaired) electrons. The molecule has 1 aromatic carbocycles. The SMILES string of the molecule is C[C@@H](OC(=O)C1CCN(S(=O)(=O)c2ccc3c(c2)CCCC3)CC1)C(N)=O. The van der Waals surface area contributed by atoms with Gasteiger partial charge >= 0.3 is 5.97 Å². The highest BCUT2D eigenvalue weighted by atomic mass is 32.2. The average molecular weight is 394 g/mol. The van der Waals surface area contributed by atoms with E-state index >= 15 is 0 Å². The highest BCUT2D eigenvalue weighted by Gasteiger charge is 2.34. The van der Waals surface area contributed by atoms with Crippen LogP contribution in [-0.4, -0.2) is 43.8 Å². The molecule has 1 aliphatic carbocycles. The lowest BCUT2D eigenvalue weighted by Crippen LogP contribution is -2.41. The standard InChI is InChI=1S/C19H26N2O5S/c1-13(18(20)22)26-19(23)15-8-10-21(11-9-15)27(24,25)17-7-6-14-4-2-3-5-16(14)12-17/h6-7,12-13,15H,2-5,8-11H2,1H3,(H2,20,22)/t13-/m1/s1. The number of fused-ring (bicyclic) bond motifs is 1. The summed E-state index contributed by atoms with van der Waals surface area (Å²) in [5.74, 6) is -1.61. The number of carbonyl (C=O) groups excluding carboxylic acids is 2. The first-order chi connectivity index (χ1) is 12.8. The molecule has 1 saturated heterocycles. The lowest BCUT2D eigenvalue weighted by molar-refractivity contribution is -0.159. The van der Waals surface area contributed by atoms with E-state index in [1.165, 1.54) is 16.8 Å². The summed E-state index contributed by atoms with van der Waals surface area (Å²) >= 11 is 0. The van der Waals surface area contributed by atoms with Crippen molar-refractivity contribution < 1.29 is 22.7 Å². The number of hydrogen-bond donors (Lipinski definition) is 1. The van der Waals surface area contributed by atoms with E-state index in [0.29, 0.717) is 17.7 Å². The van der Waals surface area contributed by atoms with E-state index in [1.807, 2.05) is 6.07 Å². The normalized spacial score (nSPS) is 19.9. The fourth-order valence-corrected chi connectivity index (χ4v) is 5.20. The van der Waals surface area contributed by atoms with Crippen molar-refractivity contribution in [2.45, 2.75) is 56.4 Å². The molecular weight excluding hydrogens is 368 g/mol. The van der Waals surface area contributed by atoms with Crippen molar-refractivity contribution in [3.05, 3.63) is 29.3 Å². The van der Waals surface area contributed by atoms with E-state index in [2.05, 4.69) is 0 Å². The van der Waals surface area contributed by atoms with Crippen LogP contribution in [0, 0.1) is 5.92 Å². The number of sulfonamides is 1. The number of nitrogens with two attached hydrogens (primary N) is 1. The Morgan fingerprint density at radius 1 is 1.15 bits per heavy atom. The molecule has 1 heterocycles. The van der Waals surface area contributed by atoms with E-state index in [-0.39, 0.29) is 13.1 Å². The zero-order chi connectivity index (χ0) is 19.6. The molecule has 2 N–H and O–H groups in total. The van der Waals surface area contributed by atoms with Gasteiger partial charge in [-0.05, 0) is 68.7 Å². The van der Waals surface area contributed by atoms with Crippen LogP contribution >= 0.6 is 0 Å². The first-order valence-corrected chi connectivity index (χ1v) is 10.8. The first kappa shape index (κ1) is 19.8. The third-order valence-electron chi connectivity index (χ3n) is 5.44. The number of nitrogens with zero attached hydrogens (tertiary/aromatic N) is 1. The minimum atomic E-state index is -3.57. The van der Waals surface area contributed by atoms with Gasteiger partial charge in [0, 0.05) is 13.1 Å². The van der Waals surface area contributed by atoms with Crippen molar-refractivity contribution >= 4 is 21.9 Å². The summed E-state index contributed by atoms with van der Waals surface area (Å²) in [6.45, 7) is 1.93. The molecule has 0 saturated carbocycles. The Morgan fingerprint density at radius 3 is 2.41 bits per heavy atom. The molecule has 148 valence electrons. The topological polar surface area (TPSA) is 107 Å². The van der Waals surface area contributed by atoms with Gasteiger partial charge < -0.3 is 10.5 Å². The molecule has 1 atom stereocenters. The Kier molecular flexibility index (Phi) is 5.86. The Morgan fingerprint density at radius 2 is 1.78 bits per heavy atom. The highest BCUT2D eigenvalue weighted by molar-refractivity contribution is 7.89. The van der Waals surface area contributed by atoms with Gasteiger partial charge in [-0.2, -0.15) is 4.31 Å². The Balaban J connectivity index is 1.65. The molecule has 0 unspecified atom stereocenters. The molecule has 8 heteroatoms. The molecule has 1 amide bonds. The second kappa shape index (κ2) is 7.98. The Hall–Kier alpha value is -1.93. The van der Waals surface area contributed by atoms with Gasteiger partial charge in [0.2, 0.25) is 10.0 Å². The van der Waals surface area contributed by atoms with Gasteiger partial charge in [0.05, 0.1) is 10.8 Å². The number of primary amides is 1. The monoisotopic (exact) mass is 394 g/mol. The summed E-state index contributed by atoms with van der Waals surface area (Å²) in [5.41, 5.74) is 7.47. The lowest BCUT2D eigenvalue weighted by atomic mass is 9.92. The molecule has 1 fully saturated rings. The van der Waals surface area contributed by atoms with Crippen molar-refractivity contribution in [3.63, 3.8) is 0 Å². The van der Waals surface area contributed by atoms with Crippen LogP contribution in [0.25, 0.3) is 0 Å². The third-order valence-corrected chi connectivity index (χ3v) is 7.33. The van der Waals surface area contributed by atoms with Gasteiger partial charge in [-0.15, -0.1) is 0 Å². The predicted octanol–water partition coefficient (Wildman–Crippen LogP) is 1.38. The number of piperidine rings is 1. The number of esters is 1. The van der Waals surface area contributed by atoms with Crippen LogP contribution in [0.1, 0.15) is 43.7 Å². The zero-order valence-corrected chi connectivity index (χ0v) is 16.3. The minimum Gasteiger partial charge on any atom is -0.452 e. The molecule has 2 aliphatic rings. The smallest absolute Gasteiger partial charge is 0.309 e. The van der Waals surface area contributed by atoms with Crippen LogP contribution in [-0.2, 0) is 37.2 Å². The summed E-state index contributed by atoms with van der Waals surface area (Å²) in [7, 11) is -3.57. The van der Waals surface area contributed by atoms with E-state index in [1.54, 1.807) is 12.1 Å². The van der Waals surface area contributed by atoms with Gasteiger partial charge in [0.25, 0.3) is 5.91 Å². The summed E-state index contributed by atoms with van der Waals surface area (Å²) < 4.78 is 32.4. The van der Waals surface area contributed by atoms with E-state index in [9.17, 15) is 18.0 Å². The van der Waals surface area contributed by atoms with Crippen LogP contribution < -0.4 is 5.73 Å². The molecule has 0 spiro atoms. The van der Waals surface area contributed by atoms with Gasteiger partial charge in [-0.1, -0.05) is 6.07 Å². The lowest BCUT2D eigenvalue weighted by Gasteiger charge is -2.30. The number of rotatable bonds is 5. The van der Waals surface area contributed by atoms with Crippen molar-refractivity contribution in [3.8, 4) is 0 Å². The third kappa shape index (κ3) is 4.32. The van der Waals surface area contributed by atoms with Gasteiger partial charge in [-0.3, -0.25) is 9.59 Å². The Bertz CT molecular complexity index is 829. The van der Waals surface area contributed by atoms with Gasteiger partial charge in [0.15, 0.2) is 6.10 Å². The second-order valence-corrected chi connectivity index (χ2v) is 9.24. The number of carbonyl (C=O) groups is 2. The number of benzene rings is 1. The predicted molar refractivity (Wildman–Crippen MR) is 99.3 cm³/mol. The van der Waals surface area contributed by atoms with Crippen LogP contribution in [0.15, 0.2) is 23.1 Å². The fraction of sp³-hybridized carbons (Fsp3) is 0.579. The van der Waals surface area contributed by atoms with Crippen LogP contribution in [0.4, 0.5) is 0 Å². The maximum atomic E-state index is 13.0. The first-order valence-electron chi connectivity index (χ1n) is 9.41. The van der Waals surface area contributed by atoms with E-state index in [4.69, 9.17) is 10.5 Å². The molecule has 3 rings (SSSR count). The van der Waals surface area contributed by atoms with Crippen molar-refractivity contribution in [1.82, 2.24) is 4.31 Å². The Labute approximate surface area is 159 Å². The molecule has 1 aliphatic heterocycles. The highest BCUT2D eigenvalue weighted by Crippen LogP contribution is 2.28. The number of ether oxygens (including phenoxy) is 1. The summed E-state index contributed by atoms with van der Waals surface area (Å²) in [6, 6.07) is 5.42. The van der Waals surface area contributed by atoms with Crippen molar-refractivity contribution in [2.24, 2.45) is 11.7 Å². The quantitative estimate of drug-likeness (QED) is 0.760. The van der Waals surface area contributed by atoms with Crippen molar-refractivity contribution in [1.29, 1.82) is 0 Å². The maximum absolute atomic E-state index is 13.0. The molecule has 7 nitrogen and oxygen atoms in total.